The Labute approximate surface area is 154 Å². The molecular formula is C20H29N3O3. The van der Waals surface area contributed by atoms with E-state index in [4.69, 9.17) is 5.90 Å². The molecule has 2 fully saturated rings. The van der Waals surface area contributed by atoms with E-state index >= 15 is 0 Å². The molecule has 142 valence electrons. The lowest BCUT2D eigenvalue weighted by molar-refractivity contribution is -0.148. The highest BCUT2D eigenvalue weighted by Crippen LogP contribution is 2.46. The van der Waals surface area contributed by atoms with Gasteiger partial charge in [-0.3, -0.25) is 9.59 Å². The van der Waals surface area contributed by atoms with E-state index in [2.05, 4.69) is 15.5 Å². The molecule has 6 heteroatoms. The zero-order valence-corrected chi connectivity index (χ0v) is 15.2. The number of piperidine rings is 2. The molecule has 2 heterocycles. The van der Waals surface area contributed by atoms with Crippen LogP contribution < -0.4 is 16.5 Å². The number of rotatable bonds is 6. The second kappa shape index (κ2) is 8.75. The highest BCUT2D eigenvalue weighted by molar-refractivity contribution is 5.94. The number of nitrogens with two attached hydrogens (primary N) is 1. The zero-order chi connectivity index (χ0) is 18.4. The average molecular weight is 359 g/mol. The van der Waals surface area contributed by atoms with Crippen LogP contribution in [0, 0.1) is 11.3 Å². The van der Waals surface area contributed by atoms with Gasteiger partial charge in [-0.1, -0.05) is 30.3 Å². The molecule has 0 aromatic heterocycles. The van der Waals surface area contributed by atoms with Gasteiger partial charge in [-0.25, -0.2) is 0 Å². The number of benzene rings is 1. The van der Waals surface area contributed by atoms with E-state index in [9.17, 15) is 9.59 Å². The van der Waals surface area contributed by atoms with E-state index in [0.717, 1.165) is 57.4 Å². The fraction of sp³-hybridized carbons (Fsp3) is 0.600. The van der Waals surface area contributed by atoms with Gasteiger partial charge in [0.15, 0.2) is 0 Å². The minimum Gasteiger partial charge on any atom is -0.373 e. The molecule has 0 amide bonds. The predicted molar refractivity (Wildman–Crippen MR) is 99.2 cm³/mol. The highest BCUT2D eigenvalue weighted by Gasteiger charge is 2.48. The van der Waals surface area contributed by atoms with Gasteiger partial charge >= 0.3 is 5.97 Å². The first-order valence-electron chi connectivity index (χ1n) is 9.57. The Balaban J connectivity index is 1.94. The predicted octanol–water partition coefficient (Wildman–Crippen LogP) is 1.52. The standard InChI is InChI=1S/C20H29N3O3/c21-26-18(24)14-17(15-4-2-1-3-5-15)19(25)20(8-12-23-13-9-20)16-6-10-22-11-7-16/h1-5,16-17,22-23H,6-14,21H2. The number of hydrogen-bond donors (Lipinski definition) is 3. The number of ketones is 1. The maximum Gasteiger partial charge on any atom is 0.325 e. The third kappa shape index (κ3) is 3.98. The highest BCUT2D eigenvalue weighted by atomic mass is 16.7. The summed E-state index contributed by atoms with van der Waals surface area (Å²) in [5.74, 6) is 4.58. The van der Waals surface area contributed by atoms with Gasteiger partial charge in [0.1, 0.15) is 5.78 Å². The Bertz CT molecular complexity index is 608. The second-order valence-corrected chi connectivity index (χ2v) is 7.45. The smallest absolute Gasteiger partial charge is 0.325 e. The van der Waals surface area contributed by atoms with Crippen LogP contribution in [0.25, 0.3) is 0 Å². The van der Waals surface area contributed by atoms with Crippen molar-refractivity contribution in [1.82, 2.24) is 10.6 Å². The molecule has 0 aliphatic carbocycles. The van der Waals surface area contributed by atoms with Crippen LogP contribution in [0.1, 0.15) is 43.6 Å². The molecule has 0 bridgehead atoms. The summed E-state index contributed by atoms with van der Waals surface area (Å²) in [4.78, 5) is 30.2. The lowest BCUT2D eigenvalue weighted by Gasteiger charge is -2.46. The molecule has 6 nitrogen and oxygen atoms in total. The fourth-order valence-corrected chi connectivity index (χ4v) is 4.71. The van der Waals surface area contributed by atoms with Gasteiger partial charge < -0.3 is 15.5 Å². The molecule has 2 aliphatic rings. The van der Waals surface area contributed by atoms with Crippen molar-refractivity contribution in [3.05, 3.63) is 35.9 Å². The first kappa shape index (κ1) is 19.0. The van der Waals surface area contributed by atoms with Crippen LogP contribution in [0.2, 0.25) is 0 Å². The van der Waals surface area contributed by atoms with Crippen molar-refractivity contribution in [2.24, 2.45) is 17.2 Å². The minimum atomic E-state index is -0.540. The number of Topliss-reactive ketones (excluding diaryl/α,β-unsaturated/α-hetero) is 1. The first-order valence-corrected chi connectivity index (χ1v) is 9.57. The summed E-state index contributed by atoms with van der Waals surface area (Å²) in [6.45, 7) is 3.60. The molecule has 1 aromatic rings. The Morgan fingerprint density at radius 1 is 1.08 bits per heavy atom. The Morgan fingerprint density at radius 3 is 2.31 bits per heavy atom. The maximum atomic E-state index is 13.9. The van der Waals surface area contributed by atoms with Gasteiger partial charge in [-0.05, 0) is 63.3 Å². The lowest BCUT2D eigenvalue weighted by Crippen LogP contribution is -2.51. The van der Waals surface area contributed by atoms with E-state index in [0.29, 0.717) is 5.92 Å². The summed E-state index contributed by atoms with van der Waals surface area (Å²) in [6, 6.07) is 9.57. The van der Waals surface area contributed by atoms with Crippen LogP contribution >= 0.6 is 0 Å². The van der Waals surface area contributed by atoms with Crippen LogP contribution in [0.4, 0.5) is 0 Å². The van der Waals surface area contributed by atoms with Gasteiger partial charge in [0.2, 0.25) is 0 Å². The van der Waals surface area contributed by atoms with Gasteiger partial charge in [-0.2, -0.15) is 5.90 Å². The molecule has 0 spiro atoms. The molecule has 4 N–H and O–H groups in total. The summed E-state index contributed by atoms with van der Waals surface area (Å²) in [5.41, 5.74) is 0.498. The van der Waals surface area contributed by atoms with E-state index in [1.54, 1.807) is 0 Å². The number of carbonyl (C=O) groups excluding carboxylic acids is 2. The van der Waals surface area contributed by atoms with Crippen LogP contribution in [-0.4, -0.2) is 37.9 Å². The molecule has 0 saturated carbocycles. The molecule has 2 aliphatic heterocycles. The minimum absolute atomic E-state index is 0.000501. The van der Waals surface area contributed by atoms with Crippen molar-refractivity contribution in [3.63, 3.8) is 0 Å². The van der Waals surface area contributed by atoms with Crippen molar-refractivity contribution in [1.29, 1.82) is 0 Å². The molecule has 2 saturated heterocycles. The molecule has 3 rings (SSSR count). The quantitative estimate of drug-likeness (QED) is 0.667. The van der Waals surface area contributed by atoms with Gasteiger partial charge in [0.05, 0.1) is 12.3 Å². The van der Waals surface area contributed by atoms with Crippen molar-refractivity contribution >= 4 is 11.8 Å². The van der Waals surface area contributed by atoms with E-state index < -0.39 is 11.9 Å². The Hall–Kier alpha value is -1.76. The first-order chi connectivity index (χ1) is 12.7. The van der Waals surface area contributed by atoms with Crippen LogP contribution in [0.3, 0.4) is 0 Å². The lowest BCUT2D eigenvalue weighted by atomic mass is 9.60. The van der Waals surface area contributed by atoms with Gasteiger partial charge in [0, 0.05) is 5.41 Å². The number of carbonyl (C=O) groups is 2. The summed E-state index contributed by atoms with van der Waals surface area (Å²) in [7, 11) is 0. The van der Waals surface area contributed by atoms with Crippen molar-refractivity contribution < 1.29 is 14.4 Å². The monoisotopic (exact) mass is 359 g/mol. The molecule has 26 heavy (non-hydrogen) atoms. The Morgan fingerprint density at radius 2 is 1.69 bits per heavy atom. The third-order valence-corrected chi connectivity index (χ3v) is 6.13. The maximum absolute atomic E-state index is 13.9. The number of hydrogen-bond acceptors (Lipinski definition) is 6. The summed E-state index contributed by atoms with van der Waals surface area (Å²) in [5, 5.41) is 6.78. The SMILES string of the molecule is NOC(=O)CC(C(=O)C1(C2CCNCC2)CCNCC1)c1ccccc1. The third-order valence-electron chi connectivity index (χ3n) is 6.13. The molecule has 1 atom stereocenters. The van der Waals surface area contributed by atoms with Crippen LogP contribution in [0.15, 0.2) is 30.3 Å². The molecule has 1 aromatic carbocycles. The zero-order valence-electron chi connectivity index (χ0n) is 15.2. The van der Waals surface area contributed by atoms with Crippen LogP contribution in [-0.2, 0) is 14.4 Å². The van der Waals surface area contributed by atoms with E-state index in [-0.39, 0.29) is 17.6 Å². The van der Waals surface area contributed by atoms with Crippen molar-refractivity contribution in [3.8, 4) is 0 Å². The van der Waals surface area contributed by atoms with Crippen molar-refractivity contribution in [2.45, 2.75) is 38.0 Å². The van der Waals surface area contributed by atoms with Gasteiger partial charge in [-0.15, -0.1) is 0 Å². The van der Waals surface area contributed by atoms with E-state index in [1.165, 1.54) is 0 Å². The summed E-state index contributed by atoms with van der Waals surface area (Å²) >= 11 is 0. The Kier molecular flexibility index (Phi) is 6.40. The fourth-order valence-electron chi connectivity index (χ4n) is 4.71. The molecule has 1 unspecified atom stereocenters. The number of nitrogens with one attached hydrogen (secondary N) is 2. The van der Waals surface area contributed by atoms with Crippen molar-refractivity contribution in [2.75, 3.05) is 26.2 Å². The largest absolute Gasteiger partial charge is 0.373 e. The molecular weight excluding hydrogens is 330 g/mol. The van der Waals surface area contributed by atoms with Crippen LogP contribution in [0.5, 0.6) is 0 Å². The normalized spacial score (nSPS) is 21.7. The van der Waals surface area contributed by atoms with E-state index in [1.807, 2.05) is 30.3 Å². The molecule has 0 radical (unpaired) electrons. The topological polar surface area (TPSA) is 93.5 Å². The average Bonchev–Trinajstić information content (AvgIpc) is 2.73. The summed E-state index contributed by atoms with van der Waals surface area (Å²) < 4.78 is 0. The summed E-state index contributed by atoms with van der Waals surface area (Å²) in [6.07, 6.45) is 3.68. The van der Waals surface area contributed by atoms with Gasteiger partial charge in [0.25, 0.3) is 0 Å². The second-order valence-electron chi connectivity index (χ2n) is 7.45.